The second-order valence-electron chi connectivity index (χ2n) is 6.94. The van der Waals surface area contributed by atoms with E-state index in [0.29, 0.717) is 46.3 Å². The first-order valence-electron chi connectivity index (χ1n) is 9.61. The number of carbonyl (C=O) groups excluding carboxylic acids is 1. The van der Waals surface area contributed by atoms with Crippen LogP contribution in [0.25, 0.3) is 0 Å². The van der Waals surface area contributed by atoms with Crippen molar-refractivity contribution >= 4 is 57.1 Å². The van der Waals surface area contributed by atoms with Crippen molar-refractivity contribution in [3.63, 3.8) is 0 Å². The van der Waals surface area contributed by atoms with Gasteiger partial charge in [0.1, 0.15) is 10.7 Å². The van der Waals surface area contributed by atoms with E-state index < -0.39 is 0 Å². The predicted octanol–water partition coefficient (Wildman–Crippen LogP) is 4.38. The van der Waals surface area contributed by atoms with Crippen molar-refractivity contribution in [3.05, 3.63) is 56.9 Å². The van der Waals surface area contributed by atoms with Gasteiger partial charge in [0.25, 0.3) is 5.91 Å². The summed E-state index contributed by atoms with van der Waals surface area (Å²) in [6, 6.07) is 7.28. The third kappa shape index (κ3) is 5.69. The van der Waals surface area contributed by atoms with E-state index in [0.717, 1.165) is 24.3 Å². The fourth-order valence-electron chi connectivity index (χ4n) is 3.11. The first-order valence-corrected chi connectivity index (χ1v) is 11.2. The Bertz CT molecular complexity index is 1070. The van der Waals surface area contributed by atoms with Crippen molar-refractivity contribution in [2.24, 2.45) is 0 Å². The third-order valence-electron chi connectivity index (χ3n) is 4.67. The molecule has 0 spiro atoms. The van der Waals surface area contributed by atoms with E-state index >= 15 is 0 Å². The summed E-state index contributed by atoms with van der Waals surface area (Å²) in [6.07, 6.45) is 1.51. The summed E-state index contributed by atoms with van der Waals surface area (Å²) in [7, 11) is 0. The van der Waals surface area contributed by atoms with Crippen LogP contribution in [0.1, 0.15) is 20.9 Å². The Labute approximate surface area is 193 Å². The molecule has 0 bridgehead atoms. The number of carbonyl (C=O) groups is 1. The van der Waals surface area contributed by atoms with Crippen molar-refractivity contribution in [3.8, 4) is 0 Å². The van der Waals surface area contributed by atoms with Crippen LogP contribution in [-0.4, -0.2) is 52.1 Å². The molecule has 31 heavy (non-hydrogen) atoms. The molecule has 0 atom stereocenters. The molecule has 8 nitrogen and oxygen atoms in total. The van der Waals surface area contributed by atoms with Gasteiger partial charge in [0.05, 0.1) is 35.8 Å². The fourth-order valence-corrected chi connectivity index (χ4v) is 4.30. The Morgan fingerprint density at radius 1 is 1.26 bits per heavy atom. The highest BCUT2D eigenvalue weighted by atomic mass is 35.5. The number of anilines is 3. The van der Waals surface area contributed by atoms with Crippen LogP contribution in [0.4, 0.5) is 16.6 Å². The van der Waals surface area contributed by atoms with Crippen LogP contribution >= 0.6 is 34.5 Å². The van der Waals surface area contributed by atoms with Gasteiger partial charge in [-0.05, 0) is 30.2 Å². The number of halogens is 2. The van der Waals surface area contributed by atoms with E-state index in [9.17, 15) is 4.79 Å². The molecule has 0 unspecified atom stereocenters. The van der Waals surface area contributed by atoms with Gasteiger partial charge in [-0.2, -0.15) is 0 Å². The van der Waals surface area contributed by atoms with Gasteiger partial charge in [-0.25, -0.2) is 15.0 Å². The minimum atomic E-state index is -0.282. The smallest absolute Gasteiger partial charge is 0.267 e. The van der Waals surface area contributed by atoms with Gasteiger partial charge < -0.3 is 15.4 Å². The number of morpholine rings is 1. The number of thiazole rings is 1. The molecule has 0 aliphatic carbocycles. The Morgan fingerprint density at radius 3 is 2.84 bits per heavy atom. The summed E-state index contributed by atoms with van der Waals surface area (Å²) in [5.74, 6) is 0.238. The normalized spacial score (nSPS) is 14.4. The number of benzene rings is 1. The second-order valence-corrected chi connectivity index (χ2v) is 8.72. The molecule has 2 aromatic heterocycles. The average molecular weight is 479 g/mol. The Morgan fingerprint density at radius 2 is 2.06 bits per heavy atom. The number of nitrogens with zero attached hydrogens (tertiary/aromatic N) is 4. The molecule has 2 N–H and O–H groups in total. The molecule has 1 amide bonds. The lowest BCUT2D eigenvalue weighted by Gasteiger charge is -2.26. The fraction of sp³-hybridized carbons (Fsp3) is 0.300. The van der Waals surface area contributed by atoms with Crippen molar-refractivity contribution < 1.29 is 9.53 Å². The van der Waals surface area contributed by atoms with Crippen LogP contribution in [0.3, 0.4) is 0 Å². The van der Waals surface area contributed by atoms with E-state index in [-0.39, 0.29) is 11.2 Å². The zero-order valence-corrected chi connectivity index (χ0v) is 19.0. The van der Waals surface area contributed by atoms with Crippen LogP contribution in [-0.2, 0) is 11.3 Å². The number of para-hydroxylation sites is 1. The quantitative estimate of drug-likeness (QED) is 0.507. The Hall–Kier alpha value is -2.30. The summed E-state index contributed by atoms with van der Waals surface area (Å²) in [5.41, 5.74) is 2.27. The third-order valence-corrected chi connectivity index (χ3v) is 6.06. The summed E-state index contributed by atoms with van der Waals surface area (Å²) in [6.45, 7) is 5.65. The molecule has 4 rings (SSSR count). The lowest BCUT2D eigenvalue weighted by molar-refractivity contribution is 0.0336. The number of ether oxygens (including phenoxy) is 1. The molecular formula is C20H20Cl2N6O2S. The van der Waals surface area contributed by atoms with Crippen LogP contribution in [0.2, 0.25) is 10.3 Å². The summed E-state index contributed by atoms with van der Waals surface area (Å²) >= 11 is 13.5. The van der Waals surface area contributed by atoms with Crippen LogP contribution < -0.4 is 10.6 Å². The number of amides is 1. The molecule has 1 saturated heterocycles. The highest BCUT2D eigenvalue weighted by Gasteiger charge is 2.16. The molecule has 1 fully saturated rings. The Balaban J connectivity index is 1.44. The van der Waals surface area contributed by atoms with Gasteiger partial charge in [0, 0.05) is 25.7 Å². The lowest BCUT2D eigenvalue weighted by Crippen LogP contribution is -2.35. The van der Waals surface area contributed by atoms with Gasteiger partial charge in [-0.1, -0.05) is 35.1 Å². The molecule has 3 aromatic rings. The average Bonchev–Trinajstić information content (AvgIpc) is 3.19. The van der Waals surface area contributed by atoms with Crippen molar-refractivity contribution in [1.82, 2.24) is 19.9 Å². The van der Waals surface area contributed by atoms with Crippen molar-refractivity contribution in [2.75, 3.05) is 36.9 Å². The maximum absolute atomic E-state index is 12.6. The number of aromatic nitrogens is 3. The molecule has 1 aliphatic heterocycles. The number of hydrogen-bond donors (Lipinski definition) is 2. The first kappa shape index (κ1) is 21.9. The standard InChI is InChI=1S/C20H20Cl2N6O2S/c1-12-3-2-4-14(21)17(12)27-18(29)15-10-23-20(31-15)26-16-9-13(24-19(22)25-16)11-28-5-7-30-8-6-28/h2-4,9-10H,5-8,11H2,1H3,(H,27,29)(H,23,24,25,26). The molecule has 1 aromatic carbocycles. The van der Waals surface area contributed by atoms with Crippen LogP contribution in [0, 0.1) is 6.92 Å². The topological polar surface area (TPSA) is 92.3 Å². The number of aryl methyl sites for hydroxylation is 1. The molecule has 162 valence electrons. The molecule has 0 radical (unpaired) electrons. The van der Waals surface area contributed by atoms with E-state index in [4.69, 9.17) is 27.9 Å². The summed E-state index contributed by atoms with van der Waals surface area (Å²) in [5, 5.41) is 7.11. The molecule has 0 saturated carbocycles. The van der Waals surface area contributed by atoms with Gasteiger partial charge in [0.15, 0.2) is 5.13 Å². The summed E-state index contributed by atoms with van der Waals surface area (Å²) in [4.78, 5) is 28.1. The zero-order chi connectivity index (χ0) is 21.8. The van der Waals surface area contributed by atoms with Crippen LogP contribution in [0.15, 0.2) is 30.5 Å². The molecule has 3 heterocycles. The zero-order valence-electron chi connectivity index (χ0n) is 16.7. The van der Waals surface area contributed by atoms with Crippen LogP contribution in [0.5, 0.6) is 0 Å². The monoisotopic (exact) mass is 478 g/mol. The number of nitrogens with one attached hydrogen (secondary N) is 2. The minimum Gasteiger partial charge on any atom is -0.379 e. The molecule has 11 heteroatoms. The highest BCUT2D eigenvalue weighted by Crippen LogP contribution is 2.28. The highest BCUT2D eigenvalue weighted by molar-refractivity contribution is 7.17. The van der Waals surface area contributed by atoms with E-state index in [1.807, 2.05) is 25.1 Å². The minimum absolute atomic E-state index is 0.150. The van der Waals surface area contributed by atoms with E-state index in [1.165, 1.54) is 17.5 Å². The molecular weight excluding hydrogens is 459 g/mol. The van der Waals surface area contributed by atoms with Crippen molar-refractivity contribution in [1.29, 1.82) is 0 Å². The van der Waals surface area contributed by atoms with E-state index in [2.05, 4.69) is 30.5 Å². The predicted molar refractivity (Wildman–Crippen MR) is 123 cm³/mol. The second kappa shape index (κ2) is 9.88. The summed E-state index contributed by atoms with van der Waals surface area (Å²) < 4.78 is 5.38. The molecule has 1 aliphatic rings. The maximum Gasteiger partial charge on any atom is 0.267 e. The van der Waals surface area contributed by atoms with Crippen molar-refractivity contribution in [2.45, 2.75) is 13.5 Å². The number of hydrogen-bond acceptors (Lipinski definition) is 8. The Kier molecular flexibility index (Phi) is 6.99. The SMILES string of the molecule is Cc1cccc(Cl)c1NC(=O)c1cnc(Nc2cc(CN3CCOCC3)nc(Cl)n2)s1. The van der Waals surface area contributed by atoms with E-state index in [1.54, 1.807) is 6.07 Å². The van der Waals surface area contributed by atoms with Gasteiger partial charge in [-0.15, -0.1) is 0 Å². The van der Waals surface area contributed by atoms with Gasteiger partial charge in [-0.3, -0.25) is 9.69 Å². The lowest BCUT2D eigenvalue weighted by atomic mass is 10.2. The maximum atomic E-state index is 12.6. The largest absolute Gasteiger partial charge is 0.379 e. The number of rotatable bonds is 6. The first-order chi connectivity index (χ1) is 15.0. The van der Waals surface area contributed by atoms with Gasteiger partial charge in [0.2, 0.25) is 5.28 Å². The van der Waals surface area contributed by atoms with Gasteiger partial charge >= 0.3 is 0 Å².